The molecule has 1 N–H and O–H groups in total. The Bertz CT molecular complexity index is 978. The molecule has 0 aliphatic carbocycles. The Kier molecular flexibility index (Phi) is 5.97. The van der Waals surface area contributed by atoms with Gasteiger partial charge in [-0.3, -0.25) is 9.48 Å². The van der Waals surface area contributed by atoms with Crippen LogP contribution in [-0.2, 0) is 6.54 Å². The van der Waals surface area contributed by atoms with E-state index in [0.717, 1.165) is 49.5 Å². The Morgan fingerprint density at radius 3 is 2.45 bits per heavy atom. The largest absolute Gasteiger partial charge is 0.332 e. The van der Waals surface area contributed by atoms with Gasteiger partial charge in [-0.15, -0.1) is 0 Å². The molecular formula is C23H26ClN4O+. The topological polar surface area (TPSA) is 42.6 Å². The number of carbonyl (C=O) groups excluding carboxylic acids is 1. The summed E-state index contributed by atoms with van der Waals surface area (Å²) in [6.45, 7) is 7.39. The van der Waals surface area contributed by atoms with Crippen molar-refractivity contribution in [1.82, 2.24) is 14.7 Å². The van der Waals surface area contributed by atoms with Crippen LogP contribution in [0.25, 0.3) is 11.3 Å². The SMILES string of the molecule is CC[NH+]1CCN(C(=O)c2cn(Cc3ccccc3Cl)nc2-c2ccccc2)CC1. The molecule has 6 heteroatoms. The highest BCUT2D eigenvalue weighted by Crippen LogP contribution is 2.25. The third-order valence-corrected chi connectivity index (χ3v) is 5.96. The van der Waals surface area contributed by atoms with E-state index in [1.54, 1.807) is 4.90 Å². The van der Waals surface area contributed by atoms with Crippen LogP contribution in [0, 0.1) is 0 Å². The van der Waals surface area contributed by atoms with E-state index in [1.165, 1.54) is 0 Å². The van der Waals surface area contributed by atoms with Crippen LogP contribution in [0.1, 0.15) is 22.8 Å². The minimum Gasteiger partial charge on any atom is -0.332 e. The van der Waals surface area contributed by atoms with Gasteiger partial charge in [0.05, 0.1) is 44.8 Å². The number of halogens is 1. The van der Waals surface area contributed by atoms with E-state index in [2.05, 4.69) is 6.92 Å². The highest BCUT2D eigenvalue weighted by Gasteiger charge is 2.27. The predicted octanol–water partition coefficient (Wildman–Crippen LogP) is 2.61. The fraction of sp³-hybridized carbons (Fsp3) is 0.304. The van der Waals surface area contributed by atoms with Crippen molar-refractivity contribution in [3.63, 3.8) is 0 Å². The molecule has 4 rings (SSSR count). The van der Waals surface area contributed by atoms with Gasteiger partial charge in [0.2, 0.25) is 0 Å². The standard InChI is InChI=1S/C23H25ClN4O/c1-2-26-12-14-27(15-13-26)23(29)20-17-28(16-19-10-6-7-11-21(19)24)25-22(20)18-8-4-3-5-9-18/h3-11,17H,2,12-16H2,1H3/p+1. The Balaban J connectivity index is 1.65. The van der Waals surface area contributed by atoms with Crippen LogP contribution in [0.4, 0.5) is 0 Å². The Morgan fingerprint density at radius 1 is 1.07 bits per heavy atom. The second kappa shape index (κ2) is 8.80. The summed E-state index contributed by atoms with van der Waals surface area (Å²) in [6, 6.07) is 17.6. The van der Waals surface area contributed by atoms with Gasteiger partial charge in [-0.2, -0.15) is 5.10 Å². The molecule has 29 heavy (non-hydrogen) atoms. The molecule has 0 unspecified atom stereocenters. The van der Waals surface area contributed by atoms with Crippen LogP contribution < -0.4 is 4.90 Å². The lowest BCUT2D eigenvalue weighted by Crippen LogP contribution is -3.14. The highest BCUT2D eigenvalue weighted by molar-refractivity contribution is 6.31. The van der Waals surface area contributed by atoms with Crippen molar-refractivity contribution < 1.29 is 9.69 Å². The summed E-state index contributed by atoms with van der Waals surface area (Å²) in [5.41, 5.74) is 3.32. The number of nitrogens with zero attached hydrogens (tertiary/aromatic N) is 3. The van der Waals surface area contributed by atoms with E-state index in [9.17, 15) is 4.79 Å². The lowest BCUT2D eigenvalue weighted by atomic mass is 10.1. The number of benzene rings is 2. The lowest BCUT2D eigenvalue weighted by Gasteiger charge is -2.31. The smallest absolute Gasteiger partial charge is 0.258 e. The fourth-order valence-electron chi connectivity index (χ4n) is 3.82. The maximum atomic E-state index is 13.4. The van der Waals surface area contributed by atoms with E-state index >= 15 is 0 Å². The number of rotatable bonds is 5. The molecule has 3 aromatic rings. The summed E-state index contributed by atoms with van der Waals surface area (Å²) in [5, 5.41) is 5.47. The Labute approximate surface area is 176 Å². The minimum absolute atomic E-state index is 0.0596. The van der Waals surface area contributed by atoms with Gasteiger partial charge in [0.1, 0.15) is 5.69 Å². The van der Waals surface area contributed by atoms with Gasteiger partial charge >= 0.3 is 0 Å². The molecule has 0 spiro atoms. The van der Waals surface area contributed by atoms with Gasteiger partial charge in [0, 0.05) is 16.8 Å². The van der Waals surface area contributed by atoms with E-state index in [-0.39, 0.29) is 5.91 Å². The zero-order chi connectivity index (χ0) is 20.2. The van der Waals surface area contributed by atoms with Gasteiger partial charge in [0.15, 0.2) is 0 Å². The first-order valence-electron chi connectivity index (χ1n) is 10.1. The third kappa shape index (κ3) is 4.36. The Hall–Kier alpha value is -2.63. The van der Waals surface area contributed by atoms with E-state index in [4.69, 9.17) is 16.7 Å². The molecule has 150 valence electrons. The van der Waals surface area contributed by atoms with Gasteiger partial charge in [0.25, 0.3) is 5.91 Å². The number of amides is 1. The summed E-state index contributed by atoms with van der Waals surface area (Å²) in [4.78, 5) is 16.9. The molecule has 0 bridgehead atoms. The van der Waals surface area contributed by atoms with Crippen LogP contribution in [0.2, 0.25) is 5.02 Å². The van der Waals surface area contributed by atoms with Crippen molar-refractivity contribution in [3.8, 4) is 11.3 Å². The number of hydrogen-bond donors (Lipinski definition) is 1. The molecular weight excluding hydrogens is 384 g/mol. The maximum Gasteiger partial charge on any atom is 0.258 e. The van der Waals surface area contributed by atoms with Crippen molar-refractivity contribution in [3.05, 3.63) is 76.9 Å². The molecule has 1 fully saturated rings. The Morgan fingerprint density at radius 2 is 1.76 bits per heavy atom. The lowest BCUT2D eigenvalue weighted by molar-refractivity contribution is -0.902. The number of piperazine rings is 1. The average Bonchev–Trinajstić information content (AvgIpc) is 3.19. The highest BCUT2D eigenvalue weighted by atomic mass is 35.5. The molecule has 1 saturated heterocycles. The molecule has 1 aliphatic rings. The second-order valence-electron chi connectivity index (χ2n) is 7.44. The summed E-state index contributed by atoms with van der Waals surface area (Å²) in [5.74, 6) is 0.0596. The maximum absolute atomic E-state index is 13.4. The minimum atomic E-state index is 0.0596. The molecule has 1 aliphatic heterocycles. The number of carbonyl (C=O) groups is 1. The normalized spacial score (nSPS) is 14.9. The number of likely N-dealkylation sites (N-methyl/N-ethyl adjacent to an activating group) is 1. The molecule has 2 aromatic carbocycles. The molecule has 2 heterocycles. The third-order valence-electron chi connectivity index (χ3n) is 5.59. The quantitative estimate of drug-likeness (QED) is 0.703. The van der Waals surface area contributed by atoms with Crippen LogP contribution in [0.5, 0.6) is 0 Å². The summed E-state index contributed by atoms with van der Waals surface area (Å²) < 4.78 is 1.82. The predicted molar refractivity (Wildman–Crippen MR) is 115 cm³/mol. The first kappa shape index (κ1) is 19.7. The van der Waals surface area contributed by atoms with Gasteiger partial charge < -0.3 is 9.80 Å². The number of nitrogens with one attached hydrogen (secondary N) is 1. The van der Waals surface area contributed by atoms with Crippen LogP contribution in [0.3, 0.4) is 0 Å². The molecule has 0 saturated carbocycles. The first-order chi connectivity index (χ1) is 14.2. The van der Waals surface area contributed by atoms with Crippen molar-refractivity contribution >= 4 is 17.5 Å². The zero-order valence-corrected chi connectivity index (χ0v) is 17.4. The summed E-state index contributed by atoms with van der Waals surface area (Å²) in [7, 11) is 0. The van der Waals surface area contributed by atoms with Crippen LogP contribution in [0.15, 0.2) is 60.8 Å². The van der Waals surface area contributed by atoms with E-state index < -0.39 is 0 Å². The molecule has 1 aromatic heterocycles. The van der Waals surface area contributed by atoms with Crippen LogP contribution >= 0.6 is 11.6 Å². The van der Waals surface area contributed by atoms with E-state index in [0.29, 0.717) is 17.1 Å². The summed E-state index contributed by atoms with van der Waals surface area (Å²) >= 11 is 6.33. The molecule has 0 atom stereocenters. The number of hydrogen-bond acceptors (Lipinski definition) is 2. The number of quaternary nitrogens is 1. The van der Waals surface area contributed by atoms with E-state index in [1.807, 2.05) is 70.4 Å². The first-order valence-corrected chi connectivity index (χ1v) is 10.5. The molecule has 0 radical (unpaired) electrons. The second-order valence-corrected chi connectivity index (χ2v) is 7.85. The van der Waals surface area contributed by atoms with Crippen molar-refractivity contribution in [2.24, 2.45) is 0 Å². The molecule has 5 nitrogen and oxygen atoms in total. The average molecular weight is 410 g/mol. The van der Waals surface area contributed by atoms with Crippen molar-refractivity contribution in [2.75, 3.05) is 32.7 Å². The van der Waals surface area contributed by atoms with Gasteiger partial charge in [-0.05, 0) is 18.6 Å². The van der Waals surface area contributed by atoms with Gasteiger partial charge in [-0.25, -0.2) is 0 Å². The van der Waals surface area contributed by atoms with Gasteiger partial charge in [-0.1, -0.05) is 60.1 Å². The van der Waals surface area contributed by atoms with Crippen molar-refractivity contribution in [2.45, 2.75) is 13.5 Å². The summed E-state index contributed by atoms with van der Waals surface area (Å²) in [6.07, 6.45) is 1.87. The zero-order valence-electron chi connectivity index (χ0n) is 16.6. The van der Waals surface area contributed by atoms with Crippen molar-refractivity contribution in [1.29, 1.82) is 0 Å². The monoisotopic (exact) mass is 409 g/mol. The number of aromatic nitrogens is 2. The van der Waals surface area contributed by atoms with Crippen LogP contribution in [-0.4, -0.2) is 53.3 Å². The fourth-order valence-corrected chi connectivity index (χ4v) is 4.01. The molecule has 1 amide bonds.